The zero-order chi connectivity index (χ0) is 47.5. The number of likely N-dealkylation sites (tertiary alicyclic amines) is 3. The number of fused-ring (bicyclic) bond motifs is 3. The van der Waals surface area contributed by atoms with Crippen LogP contribution in [0.1, 0.15) is 114 Å². The number of nitrogens with one attached hydrogen (secondary N) is 3. The van der Waals surface area contributed by atoms with Crippen molar-refractivity contribution in [3.63, 3.8) is 0 Å². The van der Waals surface area contributed by atoms with Crippen LogP contribution in [0.2, 0.25) is 0 Å². The second kappa shape index (κ2) is 18.4. The summed E-state index contributed by atoms with van der Waals surface area (Å²) in [5.74, 6) is 3.70. The first-order chi connectivity index (χ1) is 32.7. The topological polar surface area (TPSA) is 170 Å². The molecule has 5 N–H and O–H groups in total. The van der Waals surface area contributed by atoms with E-state index >= 15 is 0 Å². The number of H-pyrrole nitrogens is 1. The summed E-state index contributed by atoms with van der Waals surface area (Å²) in [6, 6.07) is 16.3. The van der Waals surface area contributed by atoms with Gasteiger partial charge in [-0.25, -0.2) is 4.79 Å². The number of aromatic hydroxyl groups is 1. The van der Waals surface area contributed by atoms with Gasteiger partial charge in [0.25, 0.3) is 0 Å². The Morgan fingerprint density at radius 3 is 2.34 bits per heavy atom. The number of nitrogens with zero attached hydrogens (tertiary/aromatic N) is 6. The molecule has 14 heteroatoms. The van der Waals surface area contributed by atoms with E-state index < -0.39 is 23.6 Å². The van der Waals surface area contributed by atoms with Crippen molar-refractivity contribution in [3.8, 4) is 29.4 Å². The Morgan fingerprint density at radius 1 is 0.941 bits per heavy atom. The molecule has 68 heavy (non-hydrogen) atoms. The van der Waals surface area contributed by atoms with Gasteiger partial charge in [0.2, 0.25) is 11.8 Å². The number of piperidine rings is 1. The van der Waals surface area contributed by atoms with Gasteiger partial charge < -0.3 is 40.5 Å². The van der Waals surface area contributed by atoms with Gasteiger partial charge in [0.1, 0.15) is 17.8 Å². The van der Waals surface area contributed by atoms with E-state index in [0.717, 1.165) is 72.9 Å². The van der Waals surface area contributed by atoms with Crippen molar-refractivity contribution < 1.29 is 24.6 Å². The van der Waals surface area contributed by atoms with Gasteiger partial charge >= 0.3 is 6.03 Å². The molecule has 4 aromatic rings. The summed E-state index contributed by atoms with van der Waals surface area (Å²) in [5.41, 5.74) is 5.99. The standard InChI is InChI=1S/C54H69N9O5/c1-6-34-11-13-35(14-12-34)29-55-50(66)45-25-40(64)30-63(45)51(67)48(53(3,4)5)57-52(68)61-31-54(32-61)27-39(28-54)60-22-19-37(20-23-60)36-15-17-38(18-16-36)62-24-21-43-47(33(62)2)42-26-44(58-59-49(42)56-43)41-9-7-8-10-46(41)65/h1,7-14,26,33,36-40,45,48,64-65H,15-25,27-32H2,2-5H3,(H,55,66)(H,56,59)(H,57,68)/t33-,36-,38-,40-,45+,48-/m1/s1. The van der Waals surface area contributed by atoms with Crippen molar-refractivity contribution >= 4 is 28.9 Å². The average molecular weight is 924 g/mol. The maximum Gasteiger partial charge on any atom is 0.318 e. The third kappa shape index (κ3) is 8.98. The molecule has 4 aliphatic heterocycles. The highest BCUT2D eigenvalue weighted by molar-refractivity contribution is 5.93. The quantitative estimate of drug-likeness (QED) is 0.120. The Kier molecular flexibility index (Phi) is 12.5. The minimum Gasteiger partial charge on any atom is -0.507 e. The number of aliphatic hydroxyl groups excluding tert-OH is 1. The lowest BCUT2D eigenvalue weighted by molar-refractivity contribution is -0.142. The average Bonchev–Trinajstić information content (AvgIpc) is 3.90. The number of carbonyl (C=O) groups excluding carboxylic acids is 3. The van der Waals surface area contributed by atoms with Gasteiger partial charge in [-0.2, -0.15) is 0 Å². The number of phenolic OH excluding ortho intramolecular Hbond substituents is 1. The number of amides is 4. The first kappa shape index (κ1) is 46.2. The Balaban J connectivity index is 0.667. The van der Waals surface area contributed by atoms with Crippen LogP contribution < -0.4 is 10.6 Å². The first-order valence-electron chi connectivity index (χ1n) is 25.2. The van der Waals surface area contributed by atoms with Crippen LogP contribution in [0.5, 0.6) is 5.75 Å². The number of benzene rings is 2. The monoisotopic (exact) mass is 924 g/mol. The molecule has 2 aliphatic carbocycles. The smallest absolute Gasteiger partial charge is 0.318 e. The second-order valence-corrected chi connectivity index (χ2v) is 22.3. The number of phenols is 1. The van der Waals surface area contributed by atoms with Crippen LogP contribution >= 0.6 is 0 Å². The third-order valence-electron chi connectivity index (χ3n) is 16.9. The summed E-state index contributed by atoms with van der Waals surface area (Å²) in [6.07, 6.45) is 15.6. The van der Waals surface area contributed by atoms with E-state index in [1.165, 1.54) is 54.7 Å². The van der Waals surface area contributed by atoms with Crippen molar-refractivity contribution in [2.45, 2.75) is 135 Å². The van der Waals surface area contributed by atoms with Gasteiger partial charge in [-0.05, 0) is 130 Å². The van der Waals surface area contributed by atoms with E-state index in [9.17, 15) is 24.6 Å². The third-order valence-corrected chi connectivity index (χ3v) is 16.9. The fourth-order valence-corrected chi connectivity index (χ4v) is 13.0. The summed E-state index contributed by atoms with van der Waals surface area (Å²) in [5, 5.41) is 37.2. The maximum atomic E-state index is 14.2. The van der Waals surface area contributed by atoms with E-state index in [0.29, 0.717) is 36.4 Å². The number of aliphatic hydroxyl groups is 1. The van der Waals surface area contributed by atoms with Crippen LogP contribution in [-0.4, -0.2) is 132 Å². The first-order valence-corrected chi connectivity index (χ1v) is 25.2. The zero-order valence-electron chi connectivity index (χ0n) is 40.2. The Labute approximate surface area is 400 Å². The molecule has 6 heterocycles. The van der Waals surface area contributed by atoms with Crippen molar-refractivity contribution in [1.82, 2.24) is 45.4 Å². The number of aromatic nitrogens is 3. The molecule has 360 valence electrons. The fraction of sp³-hybridized carbons (Fsp3) is 0.574. The summed E-state index contributed by atoms with van der Waals surface area (Å²) >= 11 is 0. The van der Waals surface area contributed by atoms with E-state index in [4.69, 9.17) is 6.42 Å². The van der Waals surface area contributed by atoms with Crippen LogP contribution in [-0.2, 0) is 22.6 Å². The highest BCUT2D eigenvalue weighted by Crippen LogP contribution is 2.51. The summed E-state index contributed by atoms with van der Waals surface area (Å²) in [4.78, 5) is 53.6. The number of rotatable bonds is 9. The van der Waals surface area contributed by atoms with E-state index in [-0.39, 0.29) is 54.6 Å². The zero-order valence-corrected chi connectivity index (χ0v) is 40.2. The largest absolute Gasteiger partial charge is 0.507 e. The van der Waals surface area contributed by atoms with E-state index in [1.54, 1.807) is 6.07 Å². The molecule has 4 amide bonds. The highest BCUT2D eigenvalue weighted by atomic mass is 16.3. The molecule has 0 radical (unpaired) electrons. The number of hydrogen-bond donors (Lipinski definition) is 5. The van der Waals surface area contributed by atoms with Gasteiger partial charge in [-0.15, -0.1) is 16.6 Å². The highest BCUT2D eigenvalue weighted by Gasteiger charge is 2.56. The van der Waals surface area contributed by atoms with Gasteiger partial charge in [0, 0.05) is 91.3 Å². The van der Waals surface area contributed by atoms with Crippen molar-refractivity contribution in [2.24, 2.45) is 22.7 Å². The lowest BCUT2D eigenvalue weighted by Gasteiger charge is -2.61. The molecule has 2 saturated carbocycles. The Morgan fingerprint density at radius 2 is 1.65 bits per heavy atom. The van der Waals surface area contributed by atoms with Crippen LogP contribution in [0, 0.1) is 35.0 Å². The molecule has 2 aromatic heterocycles. The number of hydrogen-bond acceptors (Lipinski definition) is 9. The molecule has 3 saturated heterocycles. The molecule has 10 rings (SSSR count). The molecule has 6 aliphatic rings. The van der Waals surface area contributed by atoms with Crippen molar-refractivity contribution in [3.05, 3.63) is 77.0 Å². The van der Waals surface area contributed by atoms with Crippen LogP contribution in [0.25, 0.3) is 22.3 Å². The summed E-state index contributed by atoms with van der Waals surface area (Å²) in [6.45, 7) is 13.2. The van der Waals surface area contributed by atoms with E-state index in [2.05, 4.69) is 54.5 Å². The molecule has 1 spiro atoms. The maximum absolute atomic E-state index is 14.2. The fourth-order valence-electron chi connectivity index (χ4n) is 13.0. The number of aromatic amines is 1. The summed E-state index contributed by atoms with van der Waals surface area (Å²) < 4.78 is 0. The molecule has 2 aromatic carbocycles. The predicted molar refractivity (Wildman–Crippen MR) is 261 cm³/mol. The number of β-amino-alcohol motifs (C(OH)–C–C–N with tert-alkyl or cyclic N) is 1. The van der Waals surface area contributed by atoms with Gasteiger partial charge in [-0.1, -0.05) is 51.0 Å². The molecule has 14 nitrogen and oxygen atoms in total. The number of urea groups is 1. The van der Waals surface area contributed by atoms with E-state index in [1.807, 2.05) is 68.1 Å². The predicted octanol–water partition coefficient (Wildman–Crippen LogP) is 6.37. The number of carbonyl (C=O) groups is 3. The lowest BCUT2D eigenvalue weighted by atomic mass is 9.60. The molecular formula is C54H69N9O5. The second-order valence-electron chi connectivity index (χ2n) is 22.3. The minimum atomic E-state index is -0.863. The SMILES string of the molecule is C#Cc1ccc(CNC(=O)[C@@H]2C[C@@H](O)CN2C(=O)[C@@H](NC(=O)N2CC3(CC(N4CCC([C@H]5CC[C@H](N6CCc7[nH]c8nnc(-c9ccccc9O)cc8c7[C@H]6C)CC5)CC4)C3)C2)C(C)(C)C)cc1. The molecule has 5 fully saturated rings. The van der Waals surface area contributed by atoms with Gasteiger partial charge in [0.05, 0.1) is 11.8 Å². The number of terminal acetylenes is 1. The Hall–Kier alpha value is -5.49. The van der Waals surface area contributed by atoms with Crippen molar-refractivity contribution in [2.75, 3.05) is 39.3 Å². The molecule has 0 bridgehead atoms. The van der Waals surface area contributed by atoms with Crippen molar-refractivity contribution in [1.29, 1.82) is 0 Å². The van der Waals surface area contributed by atoms with Gasteiger partial charge in [0.15, 0.2) is 5.65 Å². The number of para-hydroxylation sites is 1. The summed E-state index contributed by atoms with van der Waals surface area (Å²) in [7, 11) is 0. The molecular weight excluding hydrogens is 855 g/mol. The van der Waals surface area contributed by atoms with Crippen LogP contribution in [0.4, 0.5) is 4.79 Å². The lowest BCUT2D eigenvalue weighted by Crippen LogP contribution is -2.70. The van der Waals surface area contributed by atoms with Gasteiger partial charge in [-0.3, -0.25) is 14.5 Å². The molecule has 0 unspecified atom stereocenters. The minimum absolute atomic E-state index is 0.0389. The Bertz CT molecular complexity index is 2550. The normalized spacial score (nSPS) is 26.1. The van der Waals surface area contributed by atoms with Crippen LogP contribution in [0.3, 0.4) is 0 Å². The molecule has 4 atom stereocenters. The van der Waals surface area contributed by atoms with Crippen LogP contribution in [0.15, 0.2) is 54.6 Å².